The van der Waals surface area contributed by atoms with Crippen LogP contribution in [0.1, 0.15) is 39.3 Å². The van der Waals surface area contributed by atoms with Gasteiger partial charge in [0.2, 0.25) is 0 Å². The van der Waals surface area contributed by atoms with Crippen molar-refractivity contribution in [3.05, 3.63) is 24.0 Å². The minimum atomic E-state index is 0.414. The molecule has 0 fully saturated rings. The molecular weight excluding hydrogens is 186 g/mol. The summed E-state index contributed by atoms with van der Waals surface area (Å²) in [7, 11) is 0. The van der Waals surface area contributed by atoms with E-state index < -0.39 is 0 Å². The quantitative estimate of drug-likeness (QED) is 0.804. The summed E-state index contributed by atoms with van der Waals surface area (Å²) in [5.41, 5.74) is 1.16. The summed E-state index contributed by atoms with van der Waals surface area (Å²) in [6, 6.07) is 0.843. The van der Waals surface area contributed by atoms with Crippen LogP contribution in [0.2, 0.25) is 0 Å². The topological polar surface area (TPSA) is 29.9 Å². The Bertz CT molecular complexity index is 312. The van der Waals surface area contributed by atoms with E-state index in [-0.39, 0.29) is 0 Å². The van der Waals surface area contributed by atoms with Crippen molar-refractivity contribution >= 4 is 6.08 Å². The van der Waals surface area contributed by atoms with Gasteiger partial charge < -0.3 is 5.32 Å². The smallest absolute Gasteiger partial charge is 0.0562 e. The molecule has 0 aromatic carbocycles. The summed E-state index contributed by atoms with van der Waals surface area (Å²) in [5, 5.41) is 7.62. The minimum absolute atomic E-state index is 0.414. The van der Waals surface area contributed by atoms with E-state index >= 15 is 0 Å². The predicted molar refractivity (Wildman–Crippen MR) is 64.8 cm³/mol. The second-order valence-electron chi connectivity index (χ2n) is 4.05. The summed E-state index contributed by atoms with van der Waals surface area (Å²) < 4.78 is 1.97. The van der Waals surface area contributed by atoms with Crippen molar-refractivity contribution in [3.63, 3.8) is 0 Å². The Morgan fingerprint density at radius 1 is 1.47 bits per heavy atom. The zero-order valence-corrected chi connectivity index (χ0v) is 10.1. The van der Waals surface area contributed by atoms with Gasteiger partial charge in [-0.1, -0.05) is 19.1 Å². The molecule has 1 heterocycles. The highest BCUT2D eigenvalue weighted by Crippen LogP contribution is 2.07. The standard InChI is InChI=1S/C12H21N3/c1-5-13-11(4)6-7-12-8-14-15(9-12)10(2)3/h6-11,13H,5H2,1-4H3/b7-6+. The molecule has 1 atom stereocenters. The van der Waals surface area contributed by atoms with Crippen LogP contribution >= 0.6 is 0 Å². The molecule has 0 saturated heterocycles. The third kappa shape index (κ3) is 3.88. The van der Waals surface area contributed by atoms with Crippen LogP contribution in [0.15, 0.2) is 18.5 Å². The molecule has 1 aromatic heterocycles. The van der Waals surface area contributed by atoms with Crippen LogP contribution in [0.5, 0.6) is 0 Å². The zero-order chi connectivity index (χ0) is 11.3. The largest absolute Gasteiger partial charge is 0.311 e. The lowest BCUT2D eigenvalue weighted by molar-refractivity contribution is 0.532. The molecule has 0 aliphatic heterocycles. The maximum Gasteiger partial charge on any atom is 0.0562 e. The lowest BCUT2D eigenvalue weighted by atomic mass is 10.2. The average Bonchev–Trinajstić information content (AvgIpc) is 2.63. The third-order valence-corrected chi connectivity index (χ3v) is 2.25. The third-order valence-electron chi connectivity index (χ3n) is 2.25. The van der Waals surface area contributed by atoms with Crippen molar-refractivity contribution in [2.45, 2.75) is 39.8 Å². The molecule has 0 bridgehead atoms. The molecule has 84 valence electrons. The number of rotatable bonds is 5. The highest BCUT2D eigenvalue weighted by Gasteiger charge is 1.99. The Morgan fingerprint density at radius 3 is 2.73 bits per heavy atom. The van der Waals surface area contributed by atoms with Gasteiger partial charge in [0.15, 0.2) is 0 Å². The first kappa shape index (κ1) is 12.0. The van der Waals surface area contributed by atoms with Crippen LogP contribution < -0.4 is 5.32 Å². The van der Waals surface area contributed by atoms with Gasteiger partial charge in [0.1, 0.15) is 0 Å². The summed E-state index contributed by atoms with van der Waals surface area (Å²) in [4.78, 5) is 0. The summed E-state index contributed by atoms with van der Waals surface area (Å²) >= 11 is 0. The molecule has 1 N–H and O–H groups in total. The number of aromatic nitrogens is 2. The van der Waals surface area contributed by atoms with E-state index in [4.69, 9.17) is 0 Å². The Morgan fingerprint density at radius 2 is 2.20 bits per heavy atom. The highest BCUT2D eigenvalue weighted by molar-refractivity contribution is 5.47. The van der Waals surface area contributed by atoms with Gasteiger partial charge in [0.25, 0.3) is 0 Å². The van der Waals surface area contributed by atoms with Crippen LogP contribution in [0.4, 0.5) is 0 Å². The molecule has 1 aromatic rings. The fraction of sp³-hybridized carbons (Fsp3) is 0.583. The fourth-order valence-corrected chi connectivity index (χ4v) is 1.37. The van der Waals surface area contributed by atoms with Crippen molar-refractivity contribution < 1.29 is 0 Å². The van der Waals surface area contributed by atoms with E-state index in [1.807, 2.05) is 10.9 Å². The maximum absolute atomic E-state index is 4.28. The lowest BCUT2D eigenvalue weighted by Crippen LogP contribution is -2.22. The number of likely N-dealkylation sites (N-methyl/N-ethyl adjacent to an activating group) is 1. The first-order valence-corrected chi connectivity index (χ1v) is 5.59. The van der Waals surface area contributed by atoms with Crippen LogP contribution in [0, 0.1) is 0 Å². The van der Waals surface area contributed by atoms with Crippen LogP contribution in [0.25, 0.3) is 6.08 Å². The van der Waals surface area contributed by atoms with Crippen LogP contribution in [-0.2, 0) is 0 Å². The Labute approximate surface area is 92.2 Å². The lowest BCUT2D eigenvalue weighted by Gasteiger charge is -2.05. The van der Waals surface area contributed by atoms with Gasteiger partial charge in [-0.25, -0.2) is 0 Å². The predicted octanol–water partition coefficient (Wildman–Crippen LogP) is 2.48. The fourth-order valence-electron chi connectivity index (χ4n) is 1.37. The van der Waals surface area contributed by atoms with Gasteiger partial charge in [0.05, 0.1) is 6.20 Å². The molecule has 1 rings (SSSR count). The zero-order valence-electron chi connectivity index (χ0n) is 10.1. The molecule has 0 saturated carbocycles. The summed E-state index contributed by atoms with van der Waals surface area (Å²) in [6.45, 7) is 9.51. The summed E-state index contributed by atoms with van der Waals surface area (Å²) in [6.07, 6.45) is 8.24. The van der Waals surface area contributed by atoms with Gasteiger partial charge in [-0.05, 0) is 27.3 Å². The minimum Gasteiger partial charge on any atom is -0.311 e. The van der Waals surface area contributed by atoms with Crippen molar-refractivity contribution in [2.75, 3.05) is 6.54 Å². The van der Waals surface area contributed by atoms with Crippen molar-refractivity contribution in [1.29, 1.82) is 0 Å². The van der Waals surface area contributed by atoms with Gasteiger partial charge in [-0.15, -0.1) is 0 Å². The van der Waals surface area contributed by atoms with E-state index in [1.165, 1.54) is 0 Å². The molecule has 3 nitrogen and oxygen atoms in total. The first-order chi connectivity index (χ1) is 7.13. The molecule has 0 radical (unpaired) electrons. The molecule has 15 heavy (non-hydrogen) atoms. The molecular formula is C12H21N3. The average molecular weight is 207 g/mol. The normalized spacial score (nSPS) is 13.9. The van der Waals surface area contributed by atoms with E-state index in [1.54, 1.807) is 0 Å². The molecule has 3 heteroatoms. The molecule has 0 aliphatic carbocycles. The SMILES string of the molecule is CCNC(C)/C=C/c1cnn(C(C)C)c1. The van der Waals surface area contributed by atoms with Crippen molar-refractivity contribution in [2.24, 2.45) is 0 Å². The highest BCUT2D eigenvalue weighted by atomic mass is 15.3. The van der Waals surface area contributed by atoms with E-state index in [9.17, 15) is 0 Å². The van der Waals surface area contributed by atoms with Crippen molar-refractivity contribution in [1.82, 2.24) is 15.1 Å². The molecule has 0 amide bonds. The van der Waals surface area contributed by atoms with Crippen molar-refractivity contribution in [3.8, 4) is 0 Å². The monoisotopic (exact) mass is 207 g/mol. The van der Waals surface area contributed by atoms with Gasteiger partial charge in [0, 0.05) is 23.8 Å². The van der Waals surface area contributed by atoms with Gasteiger partial charge in [-0.2, -0.15) is 5.10 Å². The Kier molecular flexibility index (Phi) is 4.56. The van der Waals surface area contributed by atoms with Crippen LogP contribution in [0.3, 0.4) is 0 Å². The second-order valence-corrected chi connectivity index (χ2v) is 4.05. The number of nitrogens with one attached hydrogen (secondary N) is 1. The first-order valence-electron chi connectivity index (χ1n) is 5.59. The van der Waals surface area contributed by atoms with E-state index in [0.29, 0.717) is 12.1 Å². The van der Waals surface area contributed by atoms with Gasteiger partial charge >= 0.3 is 0 Å². The maximum atomic E-state index is 4.28. The molecule has 1 unspecified atom stereocenters. The molecule has 0 aliphatic rings. The van der Waals surface area contributed by atoms with Gasteiger partial charge in [-0.3, -0.25) is 4.68 Å². The Balaban J connectivity index is 2.56. The van der Waals surface area contributed by atoms with E-state index in [2.05, 4.69) is 56.5 Å². The number of hydrogen-bond donors (Lipinski definition) is 1. The number of nitrogens with zero attached hydrogens (tertiary/aromatic N) is 2. The molecule has 0 spiro atoms. The number of hydrogen-bond acceptors (Lipinski definition) is 2. The summed E-state index contributed by atoms with van der Waals surface area (Å²) in [5.74, 6) is 0. The van der Waals surface area contributed by atoms with E-state index in [0.717, 1.165) is 12.1 Å². The Hall–Kier alpha value is -1.09. The second kappa shape index (κ2) is 5.71. The van der Waals surface area contributed by atoms with Crippen LogP contribution in [-0.4, -0.2) is 22.4 Å².